The fraction of sp³-hybridized carbons (Fsp3) is 0.889. The van der Waals surface area contributed by atoms with E-state index in [2.05, 4.69) is 0 Å². The average molecular weight is 170 g/mol. The number of fused-ring (bicyclic) bond motifs is 2. The lowest BCUT2D eigenvalue weighted by molar-refractivity contribution is -0.142. The molecule has 0 aromatic rings. The standard InChI is InChI=1S/C9H14O3/c10-8-2-1-5-3-6(8)4-7(5)9(11)12/h5-8,10H,1-4H2,(H,11,12)/t5-,6+,7-,8+/m0/s1. The van der Waals surface area contributed by atoms with Crippen LogP contribution in [0, 0.1) is 17.8 Å². The van der Waals surface area contributed by atoms with E-state index in [9.17, 15) is 9.90 Å². The number of carbonyl (C=O) groups is 1. The van der Waals surface area contributed by atoms with Gasteiger partial charge >= 0.3 is 5.97 Å². The molecule has 2 N–H and O–H groups in total. The smallest absolute Gasteiger partial charge is 0.306 e. The third-order valence-corrected chi connectivity index (χ3v) is 3.43. The Morgan fingerprint density at radius 3 is 2.50 bits per heavy atom. The highest BCUT2D eigenvalue weighted by molar-refractivity contribution is 5.70. The second-order valence-corrected chi connectivity index (χ2v) is 4.08. The zero-order chi connectivity index (χ0) is 8.72. The van der Waals surface area contributed by atoms with Crippen molar-refractivity contribution in [3.05, 3.63) is 0 Å². The van der Waals surface area contributed by atoms with E-state index in [1.54, 1.807) is 0 Å². The van der Waals surface area contributed by atoms with Crippen LogP contribution in [-0.2, 0) is 4.79 Å². The van der Waals surface area contributed by atoms with Crippen LogP contribution < -0.4 is 0 Å². The van der Waals surface area contributed by atoms with Crippen LogP contribution in [0.1, 0.15) is 25.7 Å². The van der Waals surface area contributed by atoms with E-state index < -0.39 is 5.97 Å². The summed E-state index contributed by atoms with van der Waals surface area (Å²) < 4.78 is 0. The molecule has 2 saturated carbocycles. The van der Waals surface area contributed by atoms with Gasteiger partial charge in [0.25, 0.3) is 0 Å². The molecule has 0 amide bonds. The first-order valence-electron chi connectivity index (χ1n) is 4.59. The van der Waals surface area contributed by atoms with Crippen molar-refractivity contribution in [3.63, 3.8) is 0 Å². The molecule has 2 rings (SSSR count). The molecule has 4 atom stereocenters. The van der Waals surface area contributed by atoms with Crippen molar-refractivity contribution >= 4 is 5.97 Å². The van der Waals surface area contributed by atoms with E-state index in [-0.39, 0.29) is 17.9 Å². The average Bonchev–Trinajstić information content (AvgIpc) is 2.37. The van der Waals surface area contributed by atoms with E-state index in [0.717, 1.165) is 19.3 Å². The number of aliphatic carboxylic acids is 1. The molecule has 2 bridgehead atoms. The molecule has 0 saturated heterocycles. The van der Waals surface area contributed by atoms with Crippen LogP contribution in [0.15, 0.2) is 0 Å². The van der Waals surface area contributed by atoms with Gasteiger partial charge in [-0.25, -0.2) is 0 Å². The normalized spacial score (nSPS) is 46.1. The van der Waals surface area contributed by atoms with Crippen LogP contribution >= 0.6 is 0 Å². The number of aliphatic hydroxyl groups excluding tert-OH is 1. The van der Waals surface area contributed by atoms with Crippen molar-refractivity contribution in [2.45, 2.75) is 31.8 Å². The van der Waals surface area contributed by atoms with Crippen molar-refractivity contribution in [2.75, 3.05) is 0 Å². The summed E-state index contributed by atoms with van der Waals surface area (Å²) in [5.41, 5.74) is 0. The lowest BCUT2D eigenvalue weighted by Gasteiger charge is -2.24. The summed E-state index contributed by atoms with van der Waals surface area (Å²) in [6.45, 7) is 0. The molecule has 0 aliphatic heterocycles. The van der Waals surface area contributed by atoms with E-state index in [0.29, 0.717) is 12.3 Å². The number of hydrogen-bond acceptors (Lipinski definition) is 2. The van der Waals surface area contributed by atoms with Crippen molar-refractivity contribution in [1.82, 2.24) is 0 Å². The van der Waals surface area contributed by atoms with Gasteiger partial charge < -0.3 is 10.2 Å². The third-order valence-electron chi connectivity index (χ3n) is 3.43. The van der Waals surface area contributed by atoms with E-state index >= 15 is 0 Å². The topological polar surface area (TPSA) is 57.5 Å². The van der Waals surface area contributed by atoms with Crippen molar-refractivity contribution in [1.29, 1.82) is 0 Å². The zero-order valence-electron chi connectivity index (χ0n) is 6.94. The van der Waals surface area contributed by atoms with Crippen LogP contribution in [0.3, 0.4) is 0 Å². The summed E-state index contributed by atoms with van der Waals surface area (Å²) in [4.78, 5) is 10.8. The van der Waals surface area contributed by atoms with E-state index in [1.165, 1.54) is 0 Å². The zero-order valence-corrected chi connectivity index (χ0v) is 6.94. The Hall–Kier alpha value is -0.570. The monoisotopic (exact) mass is 170 g/mol. The molecule has 68 valence electrons. The summed E-state index contributed by atoms with van der Waals surface area (Å²) in [5, 5.41) is 18.4. The summed E-state index contributed by atoms with van der Waals surface area (Å²) >= 11 is 0. The lowest BCUT2D eigenvalue weighted by atomic mass is 9.85. The minimum Gasteiger partial charge on any atom is -0.481 e. The Kier molecular flexibility index (Phi) is 1.83. The molecular weight excluding hydrogens is 156 g/mol. The molecule has 0 radical (unpaired) electrons. The summed E-state index contributed by atoms with van der Waals surface area (Å²) in [6.07, 6.45) is 3.10. The van der Waals surface area contributed by atoms with Gasteiger partial charge in [0.15, 0.2) is 0 Å². The Bertz CT molecular complexity index is 202. The molecule has 0 heterocycles. The third kappa shape index (κ3) is 1.12. The summed E-state index contributed by atoms with van der Waals surface area (Å²) in [6, 6.07) is 0. The van der Waals surface area contributed by atoms with E-state index in [4.69, 9.17) is 5.11 Å². The molecule has 2 fully saturated rings. The van der Waals surface area contributed by atoms with Gasteiger partial charge in [-0.3, -0.25) is 4.79 Å². The highest BCUT2D eigenvalue weighted by Crippen LogP contribution is 2.45. The number of aliphatic hydroxyl groups is 1. The molecule has 0 aromatic heterocycles. The molecule has 0 aromatic carbocycles. The van der Waals surface area contributed by atoms with Gasteiger partial charge in [-0.2, -0.15) is 0 Å². The van der Waals surface area contributed by atoms with Crippen LogP contribution in [0.4, 0.5) is 0 Å². The molecule has 3 nitrogen and oxygen atoms in total. The molecule has 2 aliphatic carbocycles. The van der Waals surface area contributed by atoms with Crippen molar-refractivity contribution < 1.29 is 15.0 Å². The fourth-order valence-electron chi connectivity index (χ4n) is 2.72. The molecular formula is C9H14O3. The highest BCUT2D eigenvalue weighted by atomic mass is 16.4. The first-order chi connectivity index (χ1) is 5.68. The van der Waals surface area contributed by atoms with Gasteiger partial charge in [-0.15, -0.1) is 0 Å². The van der Waals surface area contributed by atoms with Crippen LogP contribution in [0.25, 0.3) is 0 Å². The molecule has 3 heteroatoms. The predicted molar refractivity (Wildman–Crippen MR) is 42.6 cm³/mol. The first kappa shape index (κ1) is 8.05. The summed E-state index contributed by atoms with van der Waals surface area (Å²) in [5.74, 6) is -0.232. The molecule has 12 heavy (non-hydrogen) atoms. The minimum absolute atomic E-state index is 0.174. The molecule has 0 unspecified atom stereocenters. The van der Waals surface area contributed by atoms with Crippen molar-refractivity contribution in [3.8, 4) is 0 Å². The Morgan fingerprint density at radius 2 is 1.92 bits per heavy atom. The van der Waals surface area contributed by atoms with Gasteiger partial charge in [0.1, 0.15) is 0 Å². The maximum atomic E-state index is 10.8. The summed E-state index contributed by atoms with van der Waals surface area (Å²) in [7, 11) is 0. The first-order valence-corrected chi connectivity index (χ1v) is 4.59. The van der Waals surface area contributed by atoms with Gasteiger partial charge in [-0.1, -0.05) is 0 Å². The maximum absolute atomic E-state index is 10.8. The Labute approximate surface area is 71.4 Å². The van der Waals surface area contributed by atoms with Gasteiger partial charge in [0.2, 0.25) is 0 Å². The SMILES string of the molecule is O=C(O)[C@H]1C[C@H]2C[C@@H]1CC[C@H]2O. The van der Waals surface area contributed by atoms with Crippen LogP contribution in [0.2, 0.25) is 0 Å². The minimum atomic E-state index is -0.670. The Balaban J connectivity index is 2.10. The van der Waals surface area contributed by atoms with Gasteiger partial charge in [0.05, 0.1) is 12.0 Å². The lowest BCUT2D eigenvalue weighted by Crippen LogP contribution is -2.23. The number of hydrogen-bond donors (Lipinski definition) is 2. The number of carboxylic acids is 1. The van der Waals surface area contributed by atoms with Gasteiger partial charge in [0, 0.05) is 0 Å². The van der Waals surface area contributed by atoms with Crippen molar-refractivity contribution in [2.24, 2.45) is 17.8 Å². The van der Waals surface area contributed by atoms with Crippen LogP contribution in [0.5, 0.6) is 0 Å². The maximum Gasteiger partial charge on any atom is 0.306 e. The Morgan fingerprint density at radius 1 is 1.17 bits per heavy atom. The fourth-order valence-corrected chi connectivity index (χ4v) is 2.72. The van der Waals surface area contributed by atoms with Crippen LogP contribution in [-0.4, -0.2) is 22.3 Å². The largest absolute Gasteiger partial charge is 0.481 e. The van der Waals surface area contributed by atoms with E-state index in [1.807, 2.05) is 0 Å². The molecule has 0 spiro atoms. The number of carboxylic acid groups (broad SMARTS) is 1. The number of rotatable bonds is 1. The second-order valence-electron chi connectivity index (χ2n) is 4.08. The van der Waals surface area contributed by atoms with Gasteiger partial charge in [-0.05, 0) is 37.5 Å². The second kappa shape index (κ2) is 2.73. The predicted octanol–water partition coefficient (Wildman–Crippen LogP) is 0.868. The highest BCUT2D eigenvalue weighted by Gasteiger charge is 2.44. The quantitative estimate of drug-likeness (QED) is 0.614. The molecule has 2 aliphatic rings.